The van der Waals surface area contributed by atoms with Gasteiger partial charge in [-0.15, -0.1) is 0 Å². The molecule has 0 saturated carbocycles. The highest BCUT2D eigenvalue weighted by atomic mass is 16.6. The van der Waals surface area contributed by atoms with Crippen molar-refractivity contribution < 1.29 is 38.8 Å². The predicted molar refractivity (Wildman–Crippen MR) is 85.7 cm³/mol. The van der Waals surface area contributed by atoms with E-state index >= 15 is 0 Å². The van der Waals surface area contributed by atoms with Gasteiger partial charge < -0.3 is 35.1 Å². The zero-order chi connectivity index (χ0) is 19.3. The normalized spacial score (nSPS) is 28.1. The Hall–Kier alpha value is -2.69. The second kappa shape index (κ2) is 8.61. The summed E-state index contributed by atoms with van der Waals surface area (Å²) in [5.74, 6) is -2.16. The van der Waals surface area contributed by atoms with Crippen LogP contribution in [0.3, 0.4) is 0 Å². The molecule has 10 heteroatoms. The molecule has 0 aromatic carbocycles. The number of hydrogen-bond acceptors (Lipinski definition) is 9. The van der Waals surface area contributed by atoms with Gasteiger partial charge in [0.1, 0.15) is 24.9 Å². The topological polar surface area (TPSA) is 149 Å². The minimum absolute atomic E-state index is 0.320. The van der Waals surface area contributed by atoms with Crippen LogP contribution in [0.5, 0.6) is 0 Å². The highest BCUT2D eigenvalue weighted by molar-refractivity contribution is 5.92. The molecule has 0 radical (unpaired) electrons. The molecule has 142 valence electrons. The minimum atomic E-state index is -1.32. The average Bonchev–Trinajstić information content (AvgIpc) is 2.92. The lowest BCUT2D eigenvalue weighted by molar-refractivity contribution is -0.145. The first kappa shape index (κ1) is 19.6. The molecule has 0 aliphatic carbocycles. The zero-order valence-corrected chi connectivity index (χ0v) is 14.0. The van der Waals surface area contributed by atoms with Gasteiger partial charge in [-0.2, -0.15) is 0 Å². The van der Waals surface area contributed by atoms with Crippen LogP contribution in [0.25, 0.3) is 0 Å². The van der Waals surface area contributed by atoms with Crippen LogP contribution in [0.1, 0.15) is 6.42 Å². The van der Waals surface area contributed by atoms with E-state index in [4.69, 9.17) is 15.2 Å². The molecular formula is C16H20N2O8. The molecule has 0 bridgehead atoms. The molecule has 0 aromatic heterocycles. The van der Waals surface area contributed by atoms with Crippen LogP contribution in [0, 0.1) is 0 Å². The molecule has 1 amide bonds. The first-order valence-corrected chi connectivity index (χ1v) is 7.72. The predicted octanol–water partition coefficient (Wildman–Crippen LogP) is -1.71. The molecule has 2 rings (SSSR count). The first-order valence-electron chi connectivity index (χ1n) is 7.72. The van der Waals surface area contributed by atoms with E-state index < -0.39 is 42.4 Å². The smallest absolute Gasteiger partial charge is 0.331 e. The van der Waals surface area contributed by atoms with Crippen molar-refractivity contribution >= 4 is 17.8 Å². The van der Waals surface area contributed by atoms with E-state index in [0.29, 0.717) is 12.0 Å². The van der Waals surface area contributed by atoms with Crippen LogP contribution in [0.15, 0.2) is 36.2 Å². The number of rotatable bonds is 6. The van der Waals surface area contributed by atoms with E-state index in [9.17, 15) is 24.6 Å². The number of methoxy groups -OCH3 is 1. The maximum atomic E-state index is 11.5. The molecule has 2 heterocycles. The Morgan fingerprint density at radius 2 is 2.00 bits per heavy atom. The highest BCUT2D eigenvalue weighted by Crippen LogP contribution is 2.27. The molecule has 1 fully saturated rings. The summed E-state index contributed by atoms with van der Waals surface area (Å²) in [6, 6.07) is 0. The van der Waals surface area contributed by atoms with Crippen molar-refractivity contribution in [3.63, 3.8) is 0 Å². The Labute approximate surface area is 149 Å². The number of nitrogens with zero attached hydrogens (tertiary/aromatic N) is 1. The largest absolute Gasteiger partial charge is 0.466 e. The van der Waals surface area contributed by atoms with Crippen LogP contribution in [-0.4, -0.2) is 71.2 Å². The maximum Gasteiger partial charge on any atom is 0.331 e. The quantitative estimate of drug-likeness (QED) is 0.368. The van der Waals surface area contributed by atoms with Gasteiger partial charge in [0.25, 0.3) is 0 Å². The summed E-state index contributed by atoms with van der Waals surface area (Å²) >= 11 is 0. The van der Waals surface area contributed by atoms with E-state index in [1.165, 1.54) is 11.1 Å². The lowest BCUT2D eigenvalue weighted by Gasteiger charge is -2.28. The molecule has 2 aliphatic rings. The fraction of sp³-hybridized carbons (Fsp3) is 0.438. The third kappa shape index (κ3) is 4.69. The molecule has 2 aliphatic heterocycles. The molecule has 0 aromatic rings. The summed E-state index contributed by atoms with van der Waals surface area (Å²) in [5, 5.41) is 20.2. The van der Waals surface area contributed by atoms with Gasteiger partial charge in [-0.3, -0.25) is 4.79 Å². The first-order chi connectivity index (χ1) is 12.3. The van der Waals surface area contributed by atoms with Gasteiger partial charge in [0.15, 0.2) is 6.23 Å². The van der Waals surface area contributed by atoms with Gasteiger partial charge in [0.2, 0.25) is 5.91 Å². The zero-order valence-electron chi connectivity index (χ0n) is 14.0. The highest BCUT2D eigenvalue weighted by Gasteiger charge is 2.45. The number of hydrogen-bond donors (Lipinski definition) is 3. The van der Waals surface area contributed by atoms with Crippen molar-refractivity contribution in [3.8, 4) is 0 Å². The number of aliphatic hydroxyl groups is 2. The summed E-state index contributed by atoms with van der Waals surface area (Å²) in [4.78, 5) is 35.1. The summed E-state index contributed by atoms with van der Waals surface area (Å²) in [7, 11) is 1.16. The number of nitrogens with two attached hydrogens (primary N) is 1. The molecule has 4 N–H and O–H groups in total. The summed E-state index contributed by atoms with van der Waals surface area (Å²) in [6.07, 6.45) is 2.18. The molecule has 4 atom stereocenters. The summed E-state index contributed by atoms with van der Waals surface area (Å²) < 4.78 is 14.7. The molecule has 0 spiro atoms. The van der Waals surface area contributed by atoms with Crippen LogP contribution < -0.4 is 5.73 Å². The van der Waals surface area contributed by atoms with E-state index in [0.717, 1.165) is 19.3 Å². The van der Waals surface area contributed by atoms with Gasteiger partial charge in [0.05, 0.1) is 7.11 Å². The van der Waals surface area contributed by atoms with Crippen LogP contribution >= 0.6 is 0 Å². The molecule has 26 heavy (non-hydrogen) atoms. The maximum absolute atomic E-state index is 11.5. The van der Waals surface area contributed by atoms with Crippen molar-refractivity contribution in [2.75, 3.05) is 13.7 Å². The second-order valence-corrected chi connectivity index (χ2v) is 5.59. The third-order valence-corrected chi connectivity index (χ3v) is 3.81. The number of allylic oxidation sites excluding steroid dienone is 1. The van der Waals surface area contributed by atoms with Gasteiger partial charge in [-0.05, 0) is 6.42 Å². The monoisotopic (exact) mass is 368 g/mol. The van der Waals surface area contributed by atoms with E-state index in [1.807, 2.05) is 0 Å². The Morgan fingerprint density at radius 1 is 1.31 bits per heavy atom. The third-order valence-electron chi connectivity index (χ3n) is 3.81. The molecule has 1 saturated heterocycles. The van der Waals surface area contributed by atoms with Crippen LogP contribution in [0.2, 0.25) is 0 Å². The van der Waals surface area contributed by atoms with E-state index in [-0.39, 0.29) is 6.61 Å². The van der Waals surface area contributed by atoms with Gasteiger partial charge in [-0.25, -0.2) is 9.59 Å². The molecule has 10 nitrogen and oxygen atoms in total. The fourth-order valence-corrected chi connectivity index (χ4v) is 2.43. The Morgan fingerprint density at radius 3 is 2.65 bits per heavy atom. The summed E-state index contributed by atoms with van der Waals surface area (Å²) in [5.41, 5.74) is 5.56. The standard InChI is InChI=1S/C16H20N2O8/c1-24-11(19)4-5-12(20)25-8-10-13(21)14(22)16(26-10)18-6-2-3-9(7-18)15(17)23/h2,4-7,10,13-14,16,21-22H,3,8H2,1H3,(H2,17,23)/b5-4+/t10-,13-,14-,16-/m1/s1. The van der Waals surface area contributed by atoms with Crippen molar-refractivity contribution in [3.05, 3.63) is 36.2 Å². The number of carbonyl (C=O) groups excluding carboxylic acids is 3. The summed E-state index contributed by atoms with van der Waals surface area (Å²) in [6.45, 7) is -0.344. The molecular weight excluding hydrogens is 348 g/mol. The van der Waals surface area contributed by atoms with Crippen molar-refractivity contribution in [2.45, 2.75) is 31.0 Å². The van der Waals surface area contributed by atoms with E-state index in [2.05, 4.69) is 4.74 Å². The molecule has 0 unspecified atom stereocenters. The average molecular weight is 368 g/mol. The van der Waals surface area contributed by atoms with Crippen LogP contribution in [0.4, 0.5) is 0 Å². The van der Waals surface area contributed by atoms with Crippen molar-refractivity contribution in [2.24, 2.45) is 5.73 Å². The minimum Gasteiger partial charge on any atom is -0.466 e. The van der Waals surface area contributed by atoms with Crippen LogP contribution in [-0.2, 0) is 28.6 Å². The number of amides is 1. The number of ether oxygens (including phenoxy) is 3. The fourth-order valence-electron chi connectivity index (χ4n) is 2.43. The lowest BCUT2D eigenvalue weighted by Crippen LogP contribution is -2.40. The van der Waals surface area contributed by atoms with E-state index in [1.54, 1.807) is 12.3 Å². The van der Waals surface area contributed by atoms with Gasteiger partial charge in [-0.1, -0.05) is 6.08 Å². The van der Waals surface area contributed by atoms with Gasteiger partial charge in [0, 0.05) is 30.1 Å². The Bertz CT molecular complexity index is 657. The van der Waals surface area contributed by atoms with Crippen molar-refractivity contribution in [1.29, 1.82) is 0 Å². The van der Waals surface area contributed by atoms with Gasteiger partial charge >= 0.3 is 11.9 Å². The SMILES string of the molecule is COC(=O)/C=C/C(=O)OC[C@H]1O[C@@H](N2C=CCC(C(N)=O)=C2)[C@H](O)[C@@H]1O. The number of esters is 2. The van der Waals surface area contributed by atoms with Crippen molar-refractivity contribution in [1.82, 2.24) is 4.90 Å². The number of aliphatic hydroxyl groups excluding tert-OH is 2. The number of carbonyl (C=O) groups is 3. The Kier molecular flexibility index (Phi) is 6.50. The lowest BCUT2D eigenvalue weighted by atomic mass is 10.1. The number of primary amides is 1. The Balaban J connectivity index is 1.95. The second-order valence-electron chi connectivity index (χ2n) is 5.59.